The van der Waals surface area contributed by atoms with Crippen LogP contribution in [-0.4, -0.2) is 51.8 Å². The molecule has 1 atom stereocenters. The highest BCUT2D eigenvalue weighted by Crippen LogP contribution is 2.11. The molecule has 5 heteroatoms. The van der Waals surface area contributed by atoms with E-state index in [2.05, 4.69) is 33.5 Å². The second-order valence-electron chi connectivity index (χ2n) is 5.09. The van der Waals surface area contributed by atoms with Crippen molar-refractivity contribution in [2.45, 2.75) is 19.6 Å². The van der Waals surface area contributed by atoms with E-state index >= 15 is 0 Å². The van der Waals surface area contributed by atoms with Gasteiger partial charge in [0.2, 0.25) is 0 Å². The van der Waals surface area contributed by atoms with Gasteiger partial charge in [0.25, 0.3) is 0 Å². The Kier molecular flexibility index (Phi) is 3.50. The topological polar surface area (TPSA) is 50.0 Å². The van der Waals surface area contributed by atoms with Crippen LogP contribution in [0.2, 0.25) is 0 Å². The number of aliphatic hydroxyl groups excluding tert-OH is 1. The first-order valence-corrected chi connectivity index (χ1v) is 6.64. The van der Waals surface area contributed by atoms with Crippen LogP contribution in [-0.2, 0) is 11.3 Å². The zero-order valence-corrected chi connectivity index (χ0v) is 11.1. The third-order valence-corrected chi connectivity index (χ3v) is 3.46. The first-order chi connectivity index (χ1) is 9.22. The third kappa shape index (κ3) is 2.78. The molecule has 1 saturated heterocycles. The number of aromatic nitrogens is 2. The van der Waals surface area contributed by atoms with Gasteiger partial charge in [0.05, 0.1) is 25.0 Å². The third-order valence-electron chi connectivity index (χ3n) is 3.46. The Balaban J connectivity index is 1.79. The van der Waals surface area contributed by atoms with E-state index in [1.54, 1.807) is 0 Å². The van der Waals surface area contributed by atoms with E-state index in [4.69, 9.17) is 4.74 Å². The molecule has 0 radical (unpaired) electrons. The number of ether oxygens (including phenoxy) is 1. The lowest BCUT2D eigenvalue weighted by molar-refractivity contribution is 0.0562. The average Bonchev–Trinajstić information content (AvgIpc) is 2.67. The smallest absolute Gasteiger partial charge is 0.137 e. The lowest BCUT2D eigenvalue weighted by atomic mass is 10.3. The highest BCUT2D eigenvalue weighted by molar-refractivity contribution is 5.41. The molecule has 102 valence electrons. The standard InChI is InChI=1S/C14H19N3O2/c1-11-3-2-4-14-15-12(8-17(11)14)7-16-5-6-19-10-13(18)9-16/h2-4,8,13,18H,5-7,9-10H2,1H3. The van der Waals surface area contributed by atoms with Gasteiger partial charge in [0.15, 0.2) is 0 Å². The molecule has 0 spiro atoms. The second kappa shape index (κ2) is 5.28. The molecule has 0 aromatic carbocycles. The number of pyridine rings is 1. The molecule has 3 heterocycles. The minimum atomic E-state index is -0.402. The zero-order chi connectivity index (χ0) is 13.2. The predicted octanol–water partition coefficient (Wildman–Crippen LogP) is 0.836. The Morgan fingerprint density at radius 1 is 1.47 bits per heavy atom. The van der Waals surface area contributed by atoms with Gasteiger partial charge in [-0.25, -0.2) is 4.98 Å². The van der Waals surface area contributed by atoms with Crippen LogP contribution in [0.5, 0.6) is 0 Å². The summed E-state index contributed by atoms with van der Waals surface area (Å²) >= 11 is 0. The van der Waals surface area contributed by atoms with Crippen molar-refractivity contribution >= 4 is 5.65 Å². The number of hydrogen-bond acceptors (Lipinski definition) is 4. The molecule has 5 nitrogen and oxygen atoms in total. The maximum atomic E-state index is 9.73. The van der Waals surface area contributed by atoms with Crippen molar-refractivity contribution in [1.82, 2.24) is 14.3 Å². The van der Waals surface area contributed by atoms with Crippen molar-refractivity contribution in [3.05, 3.63) is 35.8 Å². The van der Waals surface area contributed by atoms with Gasteiger partial charge in [-0.15, -0.1) is 0 Å². The quantitative estimate of drug-likeness (QED) is 0.870. The minimum Gasteiger partial charge on any atom is -0.389 e. The number of β-amino-alcohol motifs (C(OH)–C–C–N with tert-alkyl or cyclic N) is 1. The molecule has 1 fully saturated rings. The summed E-state index contributed by atoms with van der Waals surface area (Å²) in [5.41, 5.74) is 3.18. The lowest BCUT2D eigenvalue weighted by Crippen LogP contribution is -2.32. The number of imidazole rings is 1. The molecule has 0 saturated carbocycles. The van der Waals surface area contributed by atoms with E-state index in [-0.39, 0.29) is 0 Å². The zero-order valence-electron chi connectivity index (χ0n) is 11.1. The van der Waals surface area contributed by atoms with Crippen LogP contribution in [0.3, 0.4) is 0 Å². The van der Waals surface area contributed by atoms with Gasteiger partial charge < -0.3 is 14.2 Å². The average molecular weight is 261 g/mol. The van der Waals surface area contributed by atoms with E-state index in [9.17, 15) is 5.11 Å². The number of fused-ring (bicyclic) bond motifs is 1. The van der Waals surface area contributed by atoms with Crippen molar-refractivity contribution in [2.24, 2.45) is 0 Å². The normalized spacial score (nSPS) is 21.7. The number of aliphatic hydroxyl groups is 1. The Hall–Kier alpha value is -1.43. The summed E-state index contributed by atoms with van der Waals surface area (Å²) in [5.74, 6) is 0. The largest absolute Gasteiger partial charge is 0.389 e. The monoisotopic (exact) mass is 261 g/mol. The lowest BCUT2D eigenvalue weighted by Gasteiger charge is -2.19. The SMILES string of the molecule is Cc1cccc2nc(CN3CCOCC(O)C3)cn12. The van der Waals surface area contributed by atoms with Crippen molar-refractivity contribution in [3.8, 4) is 0 Å². The summed E-state index contributed by atoms with van der Waals surface area (Å²) in [6.45, 7) is 5.41. The fourth-order valence-corrected chi connectivity index (χ4v) is 2.50. The summed E-state index contributed by atoms with van der Waals surface area (Å²) in [5, 5.41) is 9.73. The van der Waals surface area contributed by atoms with Crippen LogP contribution in [0.4, 0.5) is 0 Å². The Morgan fingerprint density at radius 3 is 3.21 bits per heavy atom. The predicted molar refractivity (Wildman–Crippen MR) is 72.0 cm³/mol. The van der Waals surface area contributed by atoms with Crippen LogP contribution in [0.25, 0.3) is 5.65 Å². The van der Waals surface area contributed by atoms with Crippen LogP contribution in [0, 0.1) is 6.92 Å². The van der Waals surface area contributed by atoms with Crippen LogP contribution in [0.15, 0.2) is 24.4 Å². The molecular weight excluding hydrogens is 242 g/mol. The first-order valence-electron chi connectivity index (χ1n) is 6.64. The van der Waals surface area contributed by atoms with E-state index in [0.717, 1.165) is 24.4 Å². The number of rotatable bonds is 2. The molecule has 0 bridgehead atoms. The Morgan fingerprint density at radius 2 is 2.37 bits per heavy atom. The van der Waals surface area contributed by atoms with Crippen LogP contribution < -0.4 is 0 Å². The van der Waals surface area contributed by atoms with Gasteiger partial charge in [0.1, 0.15) is 5.65 Å². The first kappa shape index (κ1) is 12.6. The van der Waals surface area contributed by atoms with Gasteiger partial charge in [-0.1, -0.05) is 6.07 Å². The maximum absolute atomic E-state index is 9.73. The van der Waals surface area contributed by atoms with E-state index in [1.165, 1.54) is 5.69 Å². The molecule has 2 aromatic rings. The number of aryl methyl sites for hydroxylation is 1. The molecule has 1 aliphatic heterocycles. The molecule has 1 unspecified atom stereocenters. The van der Waals surface area contributed by atoms with Crippen molar-refractivity contribution in [1.29, 1.82) is 0 Å². The summed E-state index contributed by atoms with van der Waals surface area (Å²) in [6.07, 6.45) is 1.67. The highest BCUT2D eigenvalue weighted by Gasteiger charge is 2.17. The number of hydrogen-bond donors (Lipinski definition) is 1. The summed E-state index contributed by atoms with van der Waals surface area (Å²) in [6, 6.07) is 6.10. The Labute approximate surface area is 112 Å². The maximum Gasteiger partial charge on any atom is 0.137 e. The van der Waals surface area contributed by atoms with Gasteiger partial charge in [0, 0.05) is 31.5 Å². The van der Waals surface area contributed by atoms with Crippen molar-refractivity contribution in [3.63, 3.8) is 0 Å². The minimum absolute atomic E-state index is 0.402. The fourth-order valence-electron chi connectivity index (χ4n) is 2.50. The fraction of sp³-hybridized carbons (Fsp3) is 0.500. The Bertz CT molecular complexity index is 567. The van der Waals surface area contributed by atoms with Gasteiger partial charge in [-0.3, -0.25) is 4.90 Å². The van der Waals surface area contributed by atoms with Crippen LogP contribution >= 0.6 is 0 Å². The van der Waals surface area contributed by atoms with E-state index in [1.807, 2.05) is 12.1 Å². The van der Waals surface area contributed by atoms with Crippen molar-refractivity contribution in [2.75, 3.05) is 26.3 Å². The van der Waals surface area contributed by atoms with Gasteiger partial charge in [-0.2, -0.15) is 0 Å². The number of nitrogens with zero attached hydrogens (tertiary/aromatic N) is 3. The molecule has 1 N–H and O–H groups in total. The molecule has 3 rings (SSSR count). The summed E-state index contributed by atoms with van der Waals surface area (Å²) < 4.78 is 7.43. The molecule has 0 amide bonds. The van der Waals surface area contributed by atoms with Crippen LogP contribution in [0.1, 0.15) is 11.4 Å². The molecule has 2 aromatic heterocycles. The highest BCUT2D eigenvalue weighted by atomic mass is 16.5. The van der Waals surface area contributed by atoms with Gasteiger partial charge >= 0.3 is 0 Å². The molecule has 19 heavy (non-hydrogen) atoms. The van der Waals surface area contributed by atoms with Gasteiger partial charge in [-0.05, 0) is 19.1 Å². The van der Waals surface area contributed by atoms with E-state index in [0.29, 0.717) is 19.8 Å². The van der Waals surface area contributed by atoms with Crippen molar-refractivity contribution < 1.29 is 9.84 Å². The molecule has 0 aliphatic carbocycles. The van der Waals surface area contributed by atoms with E-state index < -0.39 is 6.10 Å². The molecular formula is C14H19N3O2. The molecule has 1 aliphatic rings. The summed E-state index contributed by atoms with van der Waals surface area (Å²) in [7, 11) is 0. The second-order valence-corrected chi connectivity index (χ2v) is 5.09. The summed E-state index contributed by atoms with van der Waals surface area (Å²) in [4.78, 5) is 6.81.